The molecule has 0 atom stereocenters. The maximum absolute atomic E-state index is 5.33. The van der Waals surface area contributed by atoms with Crippen LogP contribution in [0.5, 0.6) is 17.4 Å². The molecule has 6 heteroatoms. The van der Waals surface area contributed by atoms with Crippen molar-refractivity contribution in [2.75, 3.05) is 26.6 Å². The summed E-state index contributed by atoms with van der Waals surface area (Å²) in [5.41, 5.74) is 1.98. The molecule has 1 N–H and O–H groups in total. The summed E-state index contributed by atoms with van der Waals surface area (Å²) < 4.78 is 16.5. The van der Waals surface area contributed by atoms with E-state index in [4.69, 9.17) is 14.2 Å². The van der Waals surface area contributed by atoms with E-state index in [1.165, 1.54) is 0 Å². The monoisotopic (exact) mass is 352 g/mol. The maximum atomic E-state index is 5.33. The number of nitrogens with zero attached hydrogens (tertiary/aromatic N) is 1. The Labute approximate surface area is 132 Å². The topological polar surface area (TPSA) is 52.6 Å². The number of halogens is 1. The normalized spacial score (nSPS) is 10.1. The summed E-state index contributed by atoms with van der Waals surface area (Å²) in [6.45, 7) is 0.646. The average Bonchev–Trinajstić information content (AvgIpc) is 2.52. The van der Waals surface area contributed by atoms with Crippen LogP contribution in [-0.2, 0) is 6.54 Å². The fourth-order valence-corrected chi connectivity index (χ4v) is 2.53. The lowest BCUT2D eigenvalue weighted by molar-refractivity contribution is 0.352. The molecule has 0 radical (unpaired) electrons. The molecule has 1 aromatic carbocycles. The molecule has 0 bridgehead atoms. The molecule has 2 aromatic rings. The van der Waals surface area contributed by atoms with Crippen LogP contribution in [0.2, 0.25) is 0 Å². The van der Waals surface area contributed by atoms with Crippen molar-refractivity contribution in [2.24, 2.45) is 0 Å². The first-order chi connectivity index (χ1) is 10.2. The predicted octanol–water partition coefficient (Wildman–Crippen LogP) is 3.48. The summed E-state index contributed by atoms with van der Waals surface area (Å²) in [5, 5.41) is 3.29. The van der Waals surface area contributed by atoms with Gasteiger partial charge in [0.05, 0.1) is 37.7 Å². The van der Waals surface area contributed by atoms with E-state index < -0.39 is 0 Å². The molecule has 0 fully saturated rings. The van der Waals surface area contributed by atoms with Gasteiger partial charge in [-0.05, 0) is 39.7 Å². The zero-order valence-electron chi connectivity index (χ0n) is 12.1. The van der Waals surface area contributed by atoms with Gasteiger partial charge >= 0.3 is 0 Å². The first-order valence-electron chi connectivity index (χ1n) is 6.32. The second-order valence-electron chi connectivity index (χ2n) is 4.26. The van der Waals surface area contributed by atoms with Gasteiger partial charge in [0, 0.05) is 12.6 Å². The molecule has 5 nitrogen and oxygen atoms in total. The van der Waals surface area contributed by atoms with E-state index in [9.17, 15) is 0 Å². The van der Waals surface area contributed by atoms with Gasteiger partial charge in [0.15, 0.2) is 11.5 Å². The lowest BCUT2D eigenvalue weighted by Crippen LogP contribution is -2.01. The second kappa shape index (κ2) is 7.17. The van der Waals surface area contributed by atoms with Crippen molar-refractivity contribution in [3.63, 3.8) is 0 Å². The van der Waals surface area contributed by atoms with Crippen molar-refractivity contribution in [1.29, 1.82) is 0 Å². The van der Waals surface area contributed by atoms with E-state index in [0.29, 0.717) is 23.9 Å². The highest BCUT2D eigenvalue weighted by Crippen LogP contribution is 2.36. The SMILES string of the molecule is COc1ccc(NCc2cc(Br)c(OC)c(OC)c2)cn1. The molecule has 112 valence electrons. The molecule has 0 aliphatic carbocycles. The Morgan fingerprint density at radius 3 is 2.48 bits per heavy atom. The van der Waals surface area contributed by atoms with Gasteiger partial charge in [-0.15, -0.1) is 0 Å². The van der Waals surface area contributed by atoms with Crippen LogP contribution >= 0.6 is 15.9 Å². The Balaban J connectivity index is 2.10. The van der Waals surface area contributed by atoms with Crippen molar-refractivity contribution in [3.05, 3.63) is 40.5 Å². The first-order valence-corrected chi connectivity index (χ1v) is 7.11. The summed E-state index contributed by atoms with van der Waals surface area (Å²) in [7, 11) is 4.83. The summed E-state index contributed by atoms with van der Waals surface area (Å²) in [6.07, 6.45) is 1.73. The zero-order chi connectivity index (χ0) is 15.2. The van der Waals surface area contributed by atoms with Crippen LogP contribution in [0.15, 0.2) is 34.9 Å². The zero-order valence-corrected chi connectivity index (χ0v) is 13.7. The third-order valence-electron chi connectivity index (χ3n) is 2.94. The quantitative estimate of drug-likeness (QED) is 0.862. The van der Waals surface area contributed by atoms with E-state index >= 15 is 0 Å². The highest BCUT2D eigenvalue weighted by molar-refractivity contribution is 9.10. The second-order valence-corrected chi connectivity index (χ2v) is 5.11. The molecule has 0 saturated heterocycles. The van der Waals surface area contributed by atoms with E-state index in [0.717, 1.165) is 15.7 Å². The summed E-state index contributed by atoms with van der Waals surface area (Å²) in [5.74, 6) is 1.97. The van der Waals surface area contributed by atoms with Crippen LogP contribution in [-0.4, -0.2) is 26.3 Å². The van der Waals surface area contributed by atoms with Gasteiger partial charge in [0.1, 0.15) is 0 Å². The van der Waals surface area contributed by atoms with Crippen LogP contribution in [0, 0.1) is 0 Å². The molecule has 2 rings (SSSR count). The summed E-state index contributed by atoms with van der Waals surface area (Å²) in [4.78, 5) is 4.15. The molecule has 0 spiro atoms. The Morgan fingerprint density at radius 1 is 1.10 bits per heavy atom. The van der Waals surface area contributed by atoms with Gasteiger partial charge < -0.3 is 19.5 Å². The van der Waals surface area contributed by atoms with Crippen LogP contribution in [0.4, 0.5) is 5.69 Å². The largest absolute Gasteiger partial charge is 0.493 e. The minimum atomic E-state index is 0.592. The predicted molar refractivity (Wildman–Crippen MR) is 85.4 cm³/mol. The molecule has 0 amide bonds. The minimum absolute atomic E-state index is 0.592. The average molecular weight is 353 g/mol. The Bertz CT molecular complexity index is 603. The van der Waals surface area contributed by atoms with Crippen molar-refractivity contribution >= 4 is 21.6 Å². The van der Waals surface area contributed by atoms with Crippen LogP contribution in [0.25, 0.3) is 0 Å². The van der Waals surface area contributed by atoms with Gasteiger partial charge in [0.25, 0.3) is 0 Å². The molecular weight excluding hydrogens is 336 g/mol. The van der Waals surface area contributed by atoms with Gasteiger partial charge in [-0.3, -0.25) is 0 Å². The standard InChI is InChI=1S/C15H17BrN2O3/c1-19-13-7-10(6-12(16)15(13)21-3)8-17-11-4-5-14(20-2)18-9-11/h4-7,9,17H,8H2,1-3H3. The third-order valence-corrected chi connectivity index (χ3v) is 3.52. The number of hydrogen-bond acceptors (Lipinski definition) is 5. The molecular formula is C15H17BrN2O3. The number of anilines is 1. The molecule has 0 aliphatic heterocycles. The van der Waals surface area contributed by atoms with Gasteiger partial charge in [-0.2, -0.15) is 0 Å². The lowest BCUT2D eigenvalue weighted by Gasteiger charge is -2.13. The number of aromatic nitrogens is 1. The number of nitrogens with one attached hydrogen (secondary N) is 1. The van der Waals surface area contributed by atoms with Gasteiger partial charge in [-0.25, -0.2) is 4.98 Å². The van der Waals surface area contributed by atoms with Crippen LogP contribution in [0.1, 0.15) is 5.56 Å². The first kappa shape index (κ1) is 15.4. The molecule has 0 unspecified atom stereocenters. The number of ether oxygens (including phenoxy) is 3. The Morgan fingerprint density at radius 2 is 1.90 bits per heavy atom. The van der Waals surface area contributed by atoms with Crippen molar-refractivity contribution in [2.45, 2.75) is 6.54 Å². The van der Waals surface area contributed by atoms with E-state index in [1.807, 2.05) is 24.3 Å². The van der Waals surface area contributed by atoms with E-state index in [-0.39, 0.29) is 0 Å². The minimum Gasteiger partial charge on any atom is -0.493 e. The van der Waals surface area contributed by atoms with Crippen molar-refractivity contribution < 1.29 is 14.2 Å². The highest BCUT2D eigenvalue weighted by atomic mass is 79.9. The van der Waals surface area contributed by atoms with E-state index in [1.54, 1.807) is 27.5 Å². The molecule has 0 aliphatic rings. The number of hydrogen-bond donors (Lipinski definition) is 1. The molecule has 1 heterocycles. The van der Waals surface area contributed by atoms with Crippen LogP contribution < -0.4 is 19.5 Å². The summed E-state index contributed by atoms with van der Waals surface area (Å²) >= 11 is 3.48. The Hall–Kier alpha value is -1.95. The van der Waals surface area contributed by atoms with Gasteiger partial charge in [0.2, 0.25) is 5.88 Å². The number of methoxy groups -OCH3 is 3. The summed E-state index contributed by atoms with van der Waals surface area (Å²) in [6, 6.07) is 7.66. The fourth-order valence-electron chi connectivity index (χ4n) is 1.88. The van der Waals surface area contributed by atoms with E-state index in [2.05, 4.69) is 26.2 Å². The highest BCUT2D eigenvalue weighted by Gasteiger charge is 2.10. The van der Waals surface area contributed by atoms with Gasteiger partial charge in [-0.1, -0.05) is 0 Å². The number of benzene rings is 1. The Kier molecular flexibility index (Phi) is 5.27. The van der Waals surface area contributed by atoms with Crippen LogP contribution in [0.3, 0.4) is 0 Å². The number of rotatable bonds is 6. The smallest absolute Gasteiger partial charge is 0.213 e. The third kappa shape index (κ3) is 3.78. The number of pyridine rings is 1. The molecule has 0 saturated carbocycles. The van der Waals surface area contributed by atoms with Crippen molar-refractivity contribution in [1.82, 2.24) is 4.98 Å². The maximum Gasteiger partial charge on any atom is 0.213 e. The molecule has 1 aromatic heterocycles. The molecule has 21 heavy (non-hydrogen) atoms. The lowest BCUT2D eigenvalue weighted by atomic mass is 10.2. The fraction of sp³-hybridized carbons (Fsp3) is 0.267. The van der Waals surface area contributed by atoms with Crippen molar-refractivity contribution in [3.8, 4) is 17.4 Å².